The number of rotatable bonds is 6. The topological polar surface area (TPSA) is 134 Å². The van der Waals surface area contributed by atoms with E-state index in [-0.39, 0.29) is 23.0 Å². The summed E-state index contributed by atoms with van der Waals surface area (Å²) in [6.45, 7) is 1.52. The number of anilines is 1. The lowest BCUT2D eigenvalue weighted by Gasteiger charge is -2.17. The first-order chi connectivity index (χ1) is 17.6. The molecule has 37 heavy (non-hydrogen) atoms. The van der Waals surface area contributed by atoms with Crippen LogP contribution in [0.25, 0.3) is 16.9 Å². The van der Waals surface area contributed by atoms with Crippen LogP contribution in [-0.4, -0.2) is 35.7 Å². The molecular formula is C24H21F3N8O2. The Morgan fingerprint density at radius 3 is 2.65 bits per heavy atom. The summed E-state index contributed by atoms with van der Waals surface area (Å²) >= 11 is 0. The van der Waals surface area contributed by atoms with E-state index in [0.29, 0.717) is 11.3 Å². The molecule has 1 aliphatic carbocycles. The van der Waals surface area contributed by atoms with E-state index in [1.165, 1.54) is 31.3 Å². The van der Waals surface area contributed by atoms with Gasteiger partial charge in [-0.15, -0.1) is 5.10 Å². The SMILES string of the molecule is C[C@@H](NC(=O)c1ccc(=O)n(-c2cncc(-c3cnnn3C3CC3)c2)n1)c1cc(N)cc(C(F)(F)F)c1. The third-order valence-corrected chi connectivity index (χ3v) is 5.92. The van der Waals surface area contributed by atoms with Gasteiger partial charge in [0.25, 0.3) is 11.5 Å². The summed E-state index contributed by atoms with van der Waals surface area (Å²) in [5, 5.41) is 14.9. The second kappa shape index (κ2) is 9.15. The fourth-order valence-corrected chi connectivity index (χ4v) is 3.88. The number of amides is 1. The van der Waals surface area contributed by atoms with Gasteiger partial charge in [0.1, 0.15) is 5.69 Å². The van der Waals surface area contributed by atoms with Gasteiger partial charge in [-0.2, -0.15) is 23.0 Å². The molecule has 0 spiro atoms. The number of benzene rings is 1. The van der Waals surface area contributed by atoms with E-state index in [4.69, 9.17) is 5.73 Å². The summed E-state index contributed by atoms with van der Waals surface area (Å²) in [5.74, 6) is -0.683. The average molecular weight is 510 g/mol. The van der Waals surface area contributed by atoms with Gasteiger partial charge in [0.15, 0.2) is 0 Å². The molecule has 5 rings (SSSR count). The van der Waals surface area contributed by atoms with Crippen molar-refractivity contribution in [3.63, 3.8) is 0 Å². The molecule has 0 saturated heterocycles. The number of pyridine rings is 1. The first kappa shape index (κ1) is 24.2. The Bertz CT molecular complexity index is 1540. The molecule has 3 N–H and O–H groups in total. The van der Waals surface area contributed by atoms with Crippen LogP contribution in [0.4, 0.5) is 18.9 Å². The molecule has 190 valence electrons. The van der Waals surface area contributed by atoms with Gasteiger partial charge >= 0.3 is 6.18 Å². The number of hydrogen-bond donors (Lipinski definition) is 2. The summed E-state index contributed by atoms with van der Waals surface area (Å²) in [6.07, 6.45) is 2.09. The molecule has 3 aromatic heterocycles. The molecule has 1 saturated carbocycles. The van der Waals surface area contributed by atoms with Crippen LogP contribution in [0.15, 0.2) is 59.8 Å². The van der Waals surface area contributed by atoms with Crippen LogP contribution in [0, 0.1) is 0 Å². The van der Waals surface area contributed by atoms with Gasteiger partial charge in [-0.1, -0.05) is 5.21 Å². The Kier molecular flexibility index (Phi) is 5.97. The van der Waals surface area contributed by atoms with Gasteiger partial charge in [-0.3, -0.25) is 14.6 Å². The van der Waals surface area contributed by atoms with Crippen LogP contribution in [0.5, 0.6) is 0 Å². The molecule has 3 heterocycles. The normalized spacial score (nSPS) is 14.4. The van der Waals surface area contributed by atoms with Gasteiger partial charge in [0.2, 0.25) is 0 Å². The van der Waals surface area contributed by atoms with Gasteiger partial charge in [0.05, 0.1) is 41.4 Å². The van der Waals surface area contributed by atoms with Crippen LogP contribution in [0.3, 0.4) is 0 Å². The largest absolute Gasteiger partial charge is 0.416 e. The third kappa shape index (κ3) is 5.06. The fraction of sp³-hybridized carbons (Fsp3) is 0.250. The quantitative estimate of drug-likeness (QED) is 0.380. The molecule has 4 aromatic rings. The standard InChI is InChI=1S/C24H21F3N8O2/c1-13(14-6-16(24(25,26)27)9-17(28)7-14)31-23(37)20-4-5-22(36)35(32-20)19-8-15(10-29-11-19)21-12-30-33-34(21)18-2-3-18/h4-13,18H,2-3,28H2,1H3,(H,31,37)/t13-/m1/s1. The summed E-state index contributed by atoms with van der Waals surface area (Å²) in [4.78, 5) is 29.7. The zero-order chi connectivity index (χ0) is 26.3. The minimum atomic E-state index is -4.58. The number of nitrogens with one attached hydrogen (secondary N) is 1. The van der Waals surface area contributed by atoms with E-state index in [9.17, 15) is 22.8 Å². The Morgan fingerprint density at radius 2 is 1.92 bits per heavy atom. The number of carbonyl (C=O) groups is 1. The van der Waals surface area contributed by atoms with Crippen molar-refractivity contribution in [2.75, 3.05) is 5.73 Å². The van der Waals surface area contributed by atoms with Crippen molar-refractivity contribution in [1.82, 2.24) is 35.1 Å². The second-order valence-corrected chi connectivity index (χ2v) is 8.78. The Labute approximate surface area is 207 Å². The van der Waals surface area contributed by atoms with E-state index in [2.05, 4.69) is 25.7 Å². The van der Waals surface area contributed by atoms with Gasteiger partial charge in [-0.05, 0) is 55.7 Å². The molecule has 0 bridgehead atoms. The average Bonchev–Trinajstić information content (AvgIpc) is 3.59. The molecule has 1 amide bonds. The first-order valence-electron chi connectivity index (χ1n) is 11.3. The molecule has 13 heteroatoms. The first-order valence-corrected chi connectivity index (χ1v) is 11.3. The Hall–Kier alpha value is -4.55. The number of carbonyl (C=O) groups excluding carboxylic acids is 1. The summed E-state index contributed by atoms with van der Waals surface area (Å²) < 4.78 is 42.3. The number of nitrogens with two attached hydrogens (primary N) is 1. The predicted octanol–water partition coefficient (Wildman–Crippen LogP) is 3.31. The summed E-state index contributed by atoms with van der Waals surface area (Å²) in [5.41, 5.74) is 5.94. The number of hydrogen-bond acceptors (Lipinski definition) is 7. The molecule has 1 atom stereocenters. The van der Waals surface area contributed by atoms with Crippen molar-refractivity contribution in [2.45, 2.75) is 38.0 Å². The van der Waals surface area contributed by atoms with Crippen molar-refractivity contribution in [2.24, 2.45) is 0 Å². The summed E-state index contributed by atoms with van der Waals surface area (Å²) in [6, 6.07) is 6.67. The highest BCUT2D eigenvalue weighted by Crippen LogP contribution is 2.37. The van der Waals surface area contributed by atoms with E-state index in [0.717, 1.165) is 35.4 Å². The zero-order valence-electron chi connectivity index (χ0n) is 19.5. The zero-order valence-corrected chi connectivity index (χ0v) is 19.5. The lowest BCUT2D eigenvalue weighted by atomic mass is 10.0. The van der Waals surface area contributed by atoms with Crippen molar-refractivity contribution in [3.8, 4) is 16.9 Å². The van der Waals surface area contributed by atoms with Crippen LogP contribution >= 0.6 is 0 Å². The van der Waals surface area contributed by atoms with E-state index in [1.807, 2.05) is 4.68 Å². The molecular weight excluding hydrogens is 489 g/mol. The molecule has 1 aliphatic rings. The van der Waals surface area contributed by atoms with Crippen molar-refractivity contribution >= 4 is 11.6 Å². The van der Waals surface area contributed by atoms with Gasteiger partial charge in [-0.25, -0.2) is 4.68 Å². The van der Waals surface area contributed by atoms with Crippen molar-refractivity contribution < 1.29 is 18.0 Å². The smallest absolute Gasteiger partial charge is 0.399 e. The second-order valence-electron chi connectivity index (χ2n) is 8.78. The number of aromatic nitrogens is 6. The van der Waals surface area contributed by atoms with Gasteiger partial charge in [0, 0.05) is 23.5 Å². The van der Waals surface area contributed by atoms with Crippen LogP contribution in [0.2, 0.25) is 0 Å². The molecule has 10 nitrogen and oxygen atoms in total. The molecule has 1 aromatic carbocycles. The molecule has 0 unspecified atom stereocenters. The highest BCUT2D eigenvalue weighted by molar-refractivity contribution is 5.92. The highest BCUT2D eigenvalue weighted by atomic mass is 19.4. The number of nitrogen functional groups attached to an aromatic ring is 1. The third-order valence-electron chi connectivity index (χ3n) is 5.92. The lowest BCUT2D eigenvalue weighted by Crippen LogP contribution is -2.31. The number of halogens is 3. The maximum absolute atomic E-state index is 13.2. The summed E-state index contributed by atoms with van der Waals surface area (Å²) in [7, 11) is 0. The van der Waals surface area contributed by atoms with Crippen LogP contribution in [0.1, 0.15) is 53.5 Å². The molecule has 1 fully saturated rings. The van der Waals surface area contributed by atoms with Crippen molar-refractivity contribution in [3.05, 3.63) is 82.2 Å². The van der Waals surface area contributed by atoms with Crippen LogP contribution in [-0.2, 0) is 6.18 Å². The maximum atomic E-state index is 13.2. The predicted molar refractivity (Wildman–Crippen MR) is 127 cm³/mol. The number of nitrogens with zero attached hydrogens (tertiary/aromatic N) is 6. The number of alkyl halides is 3. The van der Waals surface area contributed by atoms with Gasteiger partial charge < -0.3 is 11.1 Å². The van der Waals surface area contributed by atoms with E-state index < -0.39 is 29.2 Å². The minimum absolute atomic E-state index is 0.0804. The van der Waals surface area contributed by atoms with Crippen LogP contribution < -0.4 is 16.6 Å². The lowest BCUT2D eigenvalue weighted by molar-refractivity contribution is -0.137. The fourth-order valence-electron chi connectivity index (χ4n) is 3.88. The molecule has 0 aliphatic heterocycles. The van der Waals surface area contributed by atoms with E-state index >= 15 is 0 Å². The van der Waals surface area contributed by atoms with Crippen molar-refractivity contribution in [1.29, 1.82) is 0 Å². The van der Waals surface area contributed by atoms with E-state index in [1.54, 1.807) is 18.5 Å². The minimum Gasteiger partial charge on any atom is -0.399 e. The highest BCUT2D eigenvalue weighted by Gasteiger charge is 2.31. The molecule has 0 radical (unpaired) electrons. The Morgan fingerprint density at radius 1 is 1.14 bits per heavy atom. The monoisotopic (exact) mass is 510 g/mol. The maximum Gasteiger partial charge on any atom is 0.416 e. The Balaban J connectivity index is 1.41.